The van der Waals surface area contributed by atoms with Crippen molar-refractivity contribution < 1.29 is 0 Å². The lowest BCUT2D eigenvalue weighted by Crippen LogP contribution is -2.00. The zero-order chi connectivity index (χ0) is 66.0. The molecule has 20 aromatic rings. The van der Waals surface area contributed by atoms with Gasteiger partial charge in [0, 0.05) is 99.2 Å². The Kier molecular flexibility index (Phi) is 14.0. The monoisotopic (exact) mass is 1280 g/mol. The fourth-order valence-electron chi connectivity index (χ4n) is 14.8. The van der Waals surface area contributed by atoms with E-state index in [9.17, 15) is 0 Å². The van der Waals surface area contributed by atoms with E-state index in [4.69, 9.17) is 24.9 Å². The van der Waals surface area contributed by atoms with Crippen molar-refractivity contribution in [3.63, 3.8) is 0 Å². The van der Waals surface area contributed by atoms with Gasteiger partial charge in [-0.05, 0) is 103 Å². The number of rotatable bonds is 10. The third kappa shape index (κ3) is 9.82. The Bertz CT molecular complexity index is 5950. The standard InChI is InChI=1S/C46H30N4.C45H29N5/c1-4-14-31(15-5-1)39-30-40(48-46(47-39)33-16-6-2-7-17-33)32-24-26-35(27-25-32)50-41-22-12-10-20-36(41)37-28-29-43-44(45(37)50)38-21-11-13-23-42(38)49(43)34-18-8-3-9-19-34;1-4-14-30(15-5-1)43-46-44(31-16-6-2-7-17-31)48-45(47-43)32-24-26-34(27-25-32)50-38-22-12-10-20-35(38)36-28-29-40-41(42(36)50)37-21-11-13-23-39(37)49(40)33-18-8-3-9-19-33/h1-30H;1-29H. The molecule has 0 N–H and O–H groups in total. The first-order chi connectivity index (χ1) is 49.6. The minimum absolute atomic E-state index is 0.639. The number of hydrogen-bond acceptors (Lipinski definition) is 5. The largest absolute Gasteiger partial charge is 0.309 e. The minimum Gasteiger partial charge on any atom is -0.309 e. The van der Waals surface area contributed by atoms with Crippen molar-refractivity contribution in [3.05, 3.63) is 358 Å². The molecule has 0 aliphatic carbocycles. The van der Waals surface area contributed by atoms with Crippen molar-refractivity contribution in [2.24, 2.45) is 0 Å². The van der Waals surface area contributed by atoms with Crippen LogP contribution in [0.25, 0.3) is 178 Å². The summed E-state index contributed by atoms with van der Waals surface area (Å²) in [5.41, 5.74) is 21.7. The second-order valence-electron chi connectivity index (χ2n) is 25.1. The lowest BCUT2D eigenvalue weighted by atomic mass is 10.1. The molecule has 0 aliphatic rings. The molecule has 0 spiro atoms. The molecule has 0 fully saturated rings. The maximum atomic E-state index is 5.08. The van der Waals surface area contributed by atoms with Gasteiger partial charge in [-0.2, -0.15) is 0 Å². The Morgan fingerprint density at radius 3 is 0.820 bits per heavy atom. The first kappa shape index (κ1) is 57.8. The fraction of sp³-hybridized carbons (Fsp3) is 0. The Balaban J connectivity index is 0.000000139. The summed E-state index contributed by atoms with van der Waals surface area (Å²) >= 11 is 0. The maximum Gasteiger partial charge on any atom is 0.164 e. The average Bonchev–Trinajstić information content (AvgIpc) is 1.55. The number of fused-ring (bicyclic) bond motifs is 14. The van der Waals surface area contributed by atoms with E-state index in [-0.39, 0.29) is 0 Å². The summed E-state index contributed by atoms with van der Waals surface area (Å²) in [6.45, 7) is 0. The van der Waals surface area contributed by atoms with Gasteiger partial charge < -0.3 is 18.3 Å². The van der Waals surface area contributed by atoms with Crippen molar-refractivity contribution in [2.45, 2.75) is 0 Å². The van der Waals surface area contributed by atoms with Crippen molar-refractivity contribution in [1.29, 1.82) is 0 Å². The van der Waals surface area contributed by atoms with Gasteiger partial charge >= 0.3 is 0 Å². The van der Waals surface area contributed by atoms with Gasteiger partial charge in [0.15, 0.2) is 23.3 Å². The summed E-state index contributed by atoms with van der Waals surface area (Å²) < 4.78 is 9.61. The Hall–Kier alpha value is -13.6. The predicted octanol–water partition coefficient (Wildman–Crippen LogP) is 22.7. The maximum absolute atomic E-state index is 5.08. The molecule has 0 bridgehead atoms. The van der Waals surface area contributed by atoms with Gasteiger partial charge in [0.1, 0.15) is 0 Å². The van der Waals surface area contributed by atoms with Crippen LogP contribution in [0.15, 0.2) is 358 Å². The third-order valence-electron chi connectivity index (χ3n) is 19.3. The summed E-state index contributed by atoms with van der Waals surface area (Å²) in [5.74, 6) is 2.65. The van der Waals surface area contributed by atoms with E-state index in [1.807, 2.05) is 97.1 Å². The first-order valence-corrected chi connectivity index (χ1v) is 33.7. The van der Waals surface area contributed by atoms with Crippen LogP contribution in [0.2, 0.25) is 0 Å². The summed E-state index contributed by atoms with van der Waals surface area (Å²) in [4.78, 5) is 24.9. The number of para-hydroxylation sites is 6. The van der Waals surface area contributed by atoms with Crippen LogP contribution in [0.3, 0.4) is 0 Å². The van der Waals surface area contributed by atoms with Crippen LogP contribution in [0.4, 0.5) is 0 Å². The van der Waals surface area contributed by atoms with Crippen molar-refractivity contribution in [1.82, 2.24) is 43.2 Å². The molecule has 0 atom stereocenters. The summed E-state index contributed by atoms with van der Waals surface area (Å²) in [7, 11) is 0. The molecular formula is C91H59N9. The van der Waals surface area contributed by atoms with Crippen molar-refractivity contribution in [3.8, 4) is 90.8 Å². The second kappa shape index (κ2) is 24.2. The lowest BCUT2D eigenvalue weighted by molar-refractivity contribution is 1.07. The van der Waals surface area contributed by atoms with E-state index < -0.39 is 0 Å². The number of benzene rings is 14. The molecule has 14 aromatic carbocycles. The van der Waals surface area contributed by atoms with Crippen LogP contribution < -0.4 is 0 Å². The molecular weight excluding hydrogens is 1220 g/mol. The van der Waals surface area contributed by atoms with Crippen LogP contribution in [0.1, 0.15) is 0 Å². The Morgan fingerprint density at radius 2 is 0.440 bits per heavy atom. The topological polar surface area (TPSA) is 84.2 Å². The molecule has 100 heavy (non-hydrogen) atoms. The van der Waals surface area contributed by atoms with Gasteiger partial charge in [0.05, 0.1) is 55.5 Å². The molecule has 6 heterocycles. The molecule has 0 amide bonds. The van der Waals surface area contributed by atoms with E-state index >= 15 is 0 Å². The lowest BCUT2D eigenvalue weighted by Gasteiger charge is -2.12. The molecule has 0 saturated heterocycles. The van der Waals surface area contributed by atoms with E-state index in [1.165, 1.54) is 81.7 Å². The van der Waals surface area contributed by atoms with Gasteiger partial charge in [-0.25, -0.2) is 24.9 Å². The molecule has 468 valence electrons. The van der Waals surface area contributed by atoms with Crippen LogP contribution in [-0.2, 0) is 0 Å². The van der Waals surface area contributed by atoms with Crippen molar-refractivity contribution >= 4 is 87.2 Å². The highest BCUT2D eigenvalue weighted by molar-refractivity contribution is 6.27. The van der Waals surface area contributed by atoms with Crippen molar-refractivity contribution in [2.75, 3.05) is 0 Å². The molecule has 0 aliphatic heterocycles. The predicted molar refractivity (Wildman–Crippen MR) is 412 cm³/mol. The molecule has 9 nitrogen and oxygen atoms in total. The van der Waals surface area contributed by atoms with Crippen LogP contribution in [0, 0.1) is 0 Å². The average molecular weight is 1280 g/mol. The highest BCUT2D eigenvalue weighted by Crippen LogP contribution is 2.45. The van der Waals surface area contributed by atoms with Gasteiger partial charge in [0.25, 0.3) is 0 Å². The smallest absolute Gasteiger partial charge is 0.164 e. The highest BCUT2D eigenvalue weighted by atomic mass is 15.0. The Morgan fingerprint density at radius 1 is 0.170 bits per heavy atom. The summed E-state index contributed by atoms with van der Waals surface area (Å²) in [5, 5.41) is 9.88. The molecule has 6 aromatic heterocycles. The molecule has 0 saturated carbocycles. The fourth-order valence-corrected chi connectivity index (χ4v) is 14.8. The molecule has 9 heteroatoms. The number of nitrogens with zero attached hydrogens (tertiary/aromatic N) is 9. The van der Waals surface area contributed by atoms with Gasteiger partial charge in [-0.3, -0.25) is 0 Å². The quantitative estimate of drug-likeness (QED) is 0.136. The van der Waals surface area contributed by atoms with Gasteiger partial charge in [-0.1, -0.05) is 255 Å². The van der Waals surface area contributed by atoms with Gasteiger partial charge in [0.2, 0.25) is 0 Å². The van der Waals surface area contributed by atoms with E-state index in [0.29, 0.717) is 23.3 Å². The number of hydrogen-bond donors (Lipinski definition) is 0. The van der Waals surface area contributed by atoms with Crippen LogP contribution >= 0.6 is 0 Å². The van der Waals surface area contributed by atoms with Crippen LogP contribution in [0.5, 0.6) is 0 Å². The summed E-state index contributed by atoms with van der Waals surface area (Å²) in [6, 6.07) is 126. The van der Waals surface area contributed by atoms with Crippen LogP contribution in [-0.4, -0.2) is 43.2 Å². The van der Waals surface area contributed by atoms with E-state index in [0.717, 1.165) is 73.0 Å². The summed E-state index contributed by atoms with van der Waals surface area (Å²) in [6.07, 6.45) is 0. The van der Waals surface area contributed by atoms with Gasteiger partial charge in [-0.15, -0.1) is 0 Å². The number of aromatic nitrogens is 9. The third-order valence-corrected chi connectivity index (χ3v) is 19.3. The van der Waals surface area contributed by atoms with E-state index in [2.05, 4.69) is 279 Å². The first-order valence-electron chi connectivity index (χ1n) is 33.7. The normalized spacial score (nSPS) is 11.6. The van der Waals surface area contributed by atoms with E-state index in [1.54, 1.807) is 0 Å². The second-order valence-corrected chi connectivity index (χ2v) is 25.1. The SMILES string of the molecule is c1ccc(-c2cc(-c3ccc(-n4c5ccccc5c5ccc6c(c7ccccc7n6-c6ccccc6)c54)cc3)nc(-c3ccccc3)n2)cc1.c1ccc(-c2nc(-c3ccccc3)nc(-c3ccc(-n4c5ccccc5c5ccc6c(c7ccccc7n6-c6ccccc6)c54)cc3)n2)cc1. The molecule has 20 rings (SSSR count). The minimum atomic E-state index is 0.639. The Labute approximate surface area is 575 Å². The molecule has 0 radical (unpaired) electrons. The zero-order valence-electron chi connectivity index (χ0n) is 54.1. The zero-order valence-corrected chi connectivity index (χ0v) is 54.1. The molecule has 0 unspecified atom stereocenters. The highest BCUT2D eigenvalue weighted by Gasteiger charge is 2.24.